The molecule has 7 heteroatoms. The van der Waals surface area contributed by atoms with E-state index in [1.54, 1.807) is 48.5 Å². The van der Waals surface area contributed by atoms with Crippen molar-refractivity contribution < 1.29 is 23.9 Å². The molecule has 0 unspecified atom stereocenters. The molecule has 1 saturated heterocycles. The number of hydrogen-bond donors (Lipinski definition) is 1. The number of carbonyl (C=O) groups is 3. The number of nitrogens with one attached hydrogen (secondary N) is 1. The molecule has 0 bridgehead atoms. The first kappa shape index (κ1) is 19.2. The number of carbonyl (C=O) groups excluding carboxylic acids is 3. The molecule has 4 amide bonds. The quantitative estimate of drug-likeness (QED) is 0.636. The standard InChI is InChI=1S/C21H20N2O5/c1-13(2)28-18-7-5-4-6-14(18)12-17-19(24)22-21(26)23(20(17)25)15-8-10-16(27-3)11-9-15/h4-13H,1-3H3,(H,22,24,26)/b17-12+. The van der Waals surface area contributed by atoms with Crippen LogP contribution in [-0.4, -0.2) is 31.1 Å². The minimum atomic E-state index is -0.802. The average molecular weight is 380 g/mol. The first-order valence-corrected chi connectivity index (χ1v) is 8.72. The van der Waals surface area contributed by atoms with Crippen LogP contribution < -0.4 is 19.7 Å². The normalized spacial score (nSPS) is 15.8. The Morgan fingerprint density at radius 2 is 1.68 bits per heavy atom. The SMILES string of the molecule is COc1ccc(N2C(=O)NC(=O)/C(=C\c3ccccc3OC(C)C)C2=O)cc1. The van der Waals surface area contributed by atoms with Crippen LogP contribution in [0.3, 0.4) is 0 Å². The maximum atomic E-state index is 12.9. The molecule has 0 atom stereocenters. The number of benzene rings is 2. The van der Waals surface area contributed by atoms with Crippen molar-refractivity contribution >= 4 is 29.6 Å². The fourth-order valence-electron chi connectivity index (χ4n) is 2.74. The van der Waals surface area contributed by atoms with E-state index in [9.17, 15) is 14.4 Å². The highest BCUT2D eigenvalue weighted by Crippen LogP contribution is 2.27. The molecule has 0 radical (unpaired) electrons. The van der Waals surface area contributed by atoms with Gasteiger partial charge in [0.15, 0.2) is 0 Å². The predicted molar refractivity (Wildman–Crippen MR) is 104 cm³/mol. The Labute approximate surface area is 162 Å². The van der Waals surface area contributed by atoms with E-state index in [1.165, 1.54) is 13.2 Å². The molecular formula is C21H20N2O5. The van der Waals surface area contributed by atoms with Crippen LogP contribution in [0.2, 0.25) is 0 Å². The van der Waals surface area contributed by atoms with Gasteiger partial charge in [0.25, 0.3) is 11.8 Å². The van der Waals surface area contributed by atoms with Gasteiger partial charge >= 0.3 is 6.03 Å². The van der Waals surface area contributed by atoms with E-state index in [0.717, 1.165) is 4.90 Å². The monoisotopic (exact) mass is 380 g/mol. The summed E-state index contributed by atoms with van der Waals surface area (Å²) in [7, 11) is 1.52. The van der Waals surface area contributed by atoms with Crippen molar-refractivity contribution in [2.24, 2.45) is 0 Å². The molecule has 1 aliphatic rings. The number of para-hydroxylation sites is 1. The first-order valence-electron chi connectivity index (χ1n) is 8.72. The summed E-state index contributed by atoms with van der Waals surface area (Å²) in [6.45, 7) is 3.76. The van der Waals surface area contributed by atoms with Gasteiger partial charge in [-0.25, -0.2) is 9.69 Å². The number of hydrogen-bond acceptors (Lipinski definition) is 5. The summed E-state index contributed by atoms with van der Waals surface area (Å²) in [5, 5.41) is 2.20. The minimum Gasteiger partial charge on any atom is -0.497 e. The fraction of sp³-hybridized carbons (Fsp3) is 0.190. The van der Waals surface area contributed by atoms with Crippen molar-refractivity contribution in [3.05, 3.63) is 59.7 Å². The molecule has 1 N–H and O–H groups in total. The van der Waals surface area contributed by atoms with Gasteiger partial charge in [0.2, 0.25) is 0 Å². The second kappa shape index (κ2) is 7.96. The van der Waals surface area contributed by atoms with E-state index in [2.05, 4.69) is 5.32 Å². The van der Waals surface area contributed by atoms with Crippen LogP contribution in [0.25, 0.3) is 6.08 Å². The molecule has 28 heavy (non-hydrogen) atoms. The van der Waals surface area contributed by atoms with Gasteiger partial charge < -0.3 is 9.47 Å². The highest BCUT2D eigenvalue weighted by molar-refractivity contribution is 6.39. The van der Waals surface area contributed by atoms with Crippen LogP contribution in [0, 0.1) is 0 Å². The third-order valence-electron chi connectivity index (χ3n) is 4.01. The van der Waals surface area contributed by atoms with Crippen molar-refractivity contribution in [3.63, 3.8) is 0 Å². The van der Waals surface area contributed by atoms with Crippen molar-refractivity contribution in [2.75, 3.05) is 12.0 Å². The van der Waals surface area contributed by atoms with Crippen LogP contribution in [0.5, 0.6) is 11.5 Å². The summed E-state index contributed by atoms with van der Waals surface area (Å²) in [6, 6.07) is 12.7. The number of nitrogens with zero attached hydrogens (tertiary/aromatic N) is 1. The van der Waals surface area contributed by atoms with Gasteiger partial charge in [0, 0.05) is 5.56 Å². The van der Waals surface area contributed by atoms with E-state index < -0.39 is 17.8 Å². The summed E-state index contributed by atoms with van der Waals surface area (Å²) < 4.78 is 10.8. The third kappa shape index (κ3) is 3.88. The lowest BCUT2D eigenvalue weighted by Crippen LogP contribution is -2.54. The Morgan fingerprint density at radius 3 is 2.32 bits per heavy atom. The largest absolute Gasteiger partial charge is 0.497 e. The molecule has 0 spiro atoms. The van der Waals surface area contributed by atoms with Crippen molar-refractivity contribution in [1.82, 2.24) is 5.32 Å². The first-order chi connectivity index (χ1) is 13.4. The van der Waals surface area contributed by atoms with E-state index >= 15 is 0 Å². The maximum absolute atomic E-state index is 12.9. The summed E-state index contributed by atoms with van der Waals surface area (Å²) in [6.07, 6.45) is 1.35. The number of barbiturate groups is 1. The molecule has 0 saturated carbocycles. The van der Waals surface area contributed by atoms with Gasteiger partial charge in [0.05, 0.1) is 18.9 Å². The summed E-state index contributed by atoms with van der Waals surface area (Å²) >= 11 is 0. The summed E-state index contributed by atoms with van der Waals surface area (Å²) in [4.78, 5) is 38.5. The summed E-state index contributed by atoms with van der Waals surface area (Å²) in [5.74, 6) is -0.337. The lowest BCUT2D eigenvalue weighted by Gasteiger charge is -2.26. The van der Waals surface area contributed by atoms with E-state index in [0.29, 0.717) is 22.7 Å². The van der Waals surface area contributed by atoms with Crippen LogP contribution in [0.4, 0.5) is 10.5 Å². The molecule has 7 nitrogen and oxygen atoms in total. The zero-order chi connectivity index (χ0) is 20.3. The average Bonchev–Trinajstić information content (AvgIpc) is 2.66. The number of anilines is 1. The molecule has 2 aromatic carbocycles. The van der Waals surface area contributed by atoms with Crippen molar-refractivity contribution in [3.8, 4) is 11.5 Å². The zero-order valence-electron chi connectivity index (χ0n) is 15.8. The minimum absolute atomic E-state index is 0.0761. The smallest absolute Gasteiger partial charge is 0.335 e. The van der Waals surface area contributed by atoms with Crippen LogP contribution in [0.15, 0.2) is 54.1 Å². The molecule has 0 aliphatic carbocycles. The van der Waals surface area contributed by atoms with Gasteiger partial charge in [-0.1, -0.05) is 18.2 Å². The molecule has 1 aliphatic heterocycles. The third-order valence-corrected chi connectivity index (χ3v) is 4.01. The van der Waals surface area contributed by atoms with Gasteiger partial charge in [-0.15, -0.1) is 0 Å². The van der Waals surface area contributed by atoms with Gasteiger partial charge in [-0.2, -0.15) is 0 Å². The fourth-order valence-corrected chi connectivity index (χ4v) is 2.74. The highest BCUT2D eigenvalue weighted by atomic mass is 16.5. The van der Waals surface area contributed by atoms with E-state index in [1.807, 2.05) is 13.8 Å². The van der Waals surface area contributed by atoms with E-state index in [-0.39, 0.29) is 11.7 Å². The van der Waals surface area contributed by atoms with Gasteiger partial charge in [-0.05, 0) is 50.3 Å². The second-order valence-electron chi connectivity index (χ2n) is 6.36. The predicted octanol–water partition coefficient (Wildman–Crippen LogP) is 3.15. The Bertz CT molecular complexity index is 948. The number of amides is 4. The van der Waals surface area contributed by atoms with Gasteiger partial charge in [0.1, 0.15) is 17.1 Å². The molecule has 1 fully saturated rings. The molecular weight excluding hydrogens is 360 g/mol. The Kier molecular flexibility index (Phi) is 5.44. The molecule has 0 aromatic heterocycles. The molecule has 1 heterocycles. The Morgan fingerprint density at radius 1 is 1.00 bits per heavy atom. The Hall–Kier alpha value is -3.61. The number of rotatable bonds is 5. The summed E-state index contributed by atoms with van der Waals surface area (Å²) in [5.41, 5.74) is 0.738. The maximum Gasteiger partial charge on any atom is 0.335 e. The highest BCUT2D eigenvalue weighted by Gasteiger charge is 2.37. The number of methoxy groups -OCH3 is 1. The molecule has 2 aromatic rings. The van der Waals surface area contributed by atoms with Crippen molar-refractivity contribution in [1.29, 1.82) is 0 Å². The van der Waals surface area contributed by atoms with Crippen LogP contribution in [0.1, 0.15) is 19.4 Å². The lowest BCUT2D eigenvalue weighted by atomic mass is 10.1. The van der Waals surface area contributed by atoms with Crippen LogP contribution in [-0.2, 0) is 9.59 Å². The Balaban J connectivity index is 1.99. The number of urea groups is 1. The molecule has 144 valence electrons. The second-order valence-corrected chi connectivity index (χ2v) is 6.36. The van der Waals surface area contributed by atoms with Gasteiger partial charge in [-0.3, -0.25) is 14.9 Å². The van der Waals surface area contributed by atoms with Crippen LogP contribution >= 0.6 is 0 Å². The topological polar surface area (TPSA) is 84.9 Å². The van der Waals surface area contributed by atoms with Crippen molar-refractivity contribution in [2.45, 2.75) is 20.0 Å². The molecule has 3 rings (SSSR count). The zero-order valence-corrected chi connectivity index (χ0v) is 15.8. The number of imide groups is 2. The van der Waals surface area contributed by atoms with E-state index in [4.69, 9.17) is 9.47 Å². The number of ether oxygens (including phenoxy) is 2. The lowest BCUT2D eigenvalue weighted by molar-refractivity contribution is -0.122.